The minimum Gasteiger partial charge on any atom is -0.346 e. The molecule has 1 fully saturated rings. The van der Waals surface area contributed by atoms with Gasteiger partial charge in [-0.25, -0.2) is 0 Å². The molecular weight excluding hydrogens is 272 g/mol. The highest BCUT2D eigenvalue weighted by molar-refractivity contribution is 6.30. The summed E-state index contributed by atoms with van der Waals surface area (Å²) in [5.74, 6) is -0.142. The fourth-order valence-corrected chi connectivity index (χ4v) is 2.95. The predicted molar refractivity (Wildman–Crippen MR) is 82.6 cm³/mol. The molecule has 0 aliphatic heterocycles. The average molecular weight is 295 g/mol. The first-order chi connectivity index (χ1) is 9.44. The van der Waals surface area contributed by atoms with Crippen molar-refractivity contribution in [3.63, 3.8) is 0 Å². The first-order valence-electron chi connectivity index (χ1n) is 7.28. The lowest BCUT2D eigenvalue weighted by atomic mass is 9.87. The molecule has 1 aliphatic carbocycles. The molecule has 1 aliphatic rings. The lowest BCUT2D eigenvalue weighted by molar-refractivity contribution is -0.127. The SMILES string of the molecule is CC(N)C(C)C(=O)NC1(c2ccc(Cl)cc2)CCCC1. The first-order valence-corrected chi connectivity index (χ1v) is 7.66. The number of hydrogen-bond donors (Lipinski definition) is 2. The summed E-state index contributed by atoms with van der Waals surface area (Å²) in [6, 6.07) is 7.67. The van der Waals surface area contributed by atoms with Gasteiger partial charge in [0.05, 0.1) is 5.54 Å². The number of carbonyl (C=O) groups excluding carboxylic acids is 1. The molecule has 0 radical (unpaired) electrons. The summed E-state index contributed by atoms with van der Waals surface area (Å²) in [6.45, 7) is 3.75. The number of carbonyl (C=O) groups is 1. The molecule has 4 heteroatoms. The Kier molecular flexibility index (Phi) is 4.71. The molecule has 1 aromatic rings. The molecule has 3 nitrogen and oxygen atoms in total. The van der Waals surface area contributed by atoms with Gasteiger partial charge >= 0.3 is 0 Å². The summed E-state index contributed by atoms with van der Waals surface area (Å²) in [5, 5.41) is 3.97. The maximum absolute atomic E-state index is 12.4. The molecule has 0 spiro atoms. The molecule has 2 rings (SSSR count). The third-order valence-electron chi connectivity index (χ3n) is 4.42. The lowest BCUT2D eigenvalue weighted by Gasteiger charge is -2.33. The van der Waals surface area contributed by atoms with Gasteiger partial charge in [-0.2, -0.15) is 0 Å². The van der Waals surface area contributed by atoms with Crippen molar-refractivity contribution in [3.05, 3.63) is 34.9 Å². The molecular formula is C16H23ClN2O. The van der Waals surface area contributed by atoms with Gasteiger partial charge < -0.3 is 11.1 Å². The largest absolute Gasteiger partial charge is 0.346 e. The zero-order valence-electron chi connectivity index (χ0n) is 12.2. The van der Waals surface area contributed by atoms with E-state index in [0.717, 1.165) is 36.3 Å². The maximum atomic E-state index is 12.4. The Morgan fingerprint density at radius 1 is 1.25 bits per heavy atom. The molecule has 1 saturated carbocycles. The summed E-state index contributed by atoms with van der Waals surface area (Å²) < 4.78 is 0. The molecule has 3 N–H and O–H groups in total. The quantitative estimate of drug-likeness (QED) is 0.896. The van der Waals surface area contributed by atoms with Crippen molar-refractivity contribution >= 4 is 17.5 Å². The van der Waals surface area contributed by atoms with Gasteiger partial charge in [-0.15, -0.1) is 0 Å². The van der Waals surface area contributed by atoms with E-state index in [9.17, 15) is 4.79 Å². The van der Waals surface area contributed by atoms with Gasteiger partial charge in [0.15, 0.2) is 0 Å². The van der Waals surface area contributed by atoms with Crippen molar-refractivity contribution in [2.45, 2.75) is 51.1 Å². The van der Waals surface area contributed by atoms with Crippen molar-refractivity contribution in [1.82, 2.24) is 5.32 Å². The number of hydrogen-bond acceptors (Lipinski definition) is 2. The summed E-state index contributed by atoms with van der Waals surface area (Å²) in [4.78, 5) is 12.4. The predicted octanol–water partition coefficient (Wildman–Crippen LogP) is 3.21. The highest BCUT2D eigenvalue weighted by Gasteiger charge is 2.38. The van der Waals surface area contributed by atoms with E-state index in [2.05, 4.69) is 5.32 Å². The monoisotopic (exact) mass is 294 g/mol. The van der Waals surface area contributed by atoms with Crippen molar-refractivity contribution < 1.29 is 4.79 Å². The zero-order valence-corrected chi connectivity index (χ0v) is 12.9. The van der Waals surface area contributed by atoms with Gasteiger partial charge in [-0.1, -0.05) is 43.5 Å². The highest BCUT2D eigenvalue weighted by Crippen LogP contribution is 2.39. The van der Waals surface area contributed by atoms with Crippen molar-refractivity contribution in [3.8, 4) is 0 Å². The molecule has 2 atom stereocenters. The zero-order chi connectivity index (χ0) is 14.8. The normalized spacial score (nSPS) is 20.4. The van der Waals surface area contributed by atoms with E-state index in [0.29, 0.717) is 0 Å². The van der Waals surface area contributed by atoms with E-state index in [1.54, 1.807) is 0 Å². The highest BCUT2D eigenvalue weighted by atomic mass is 35.5. The fraction of sp³-hybridized carbons (Fsp3) is 0.562. The van der Waals surface area contributed by atoms with Crippen LogP contribution in [0.25, 0.3) is 0 Å². The summed E-state index contributed by atoms with van der Waals surface area (Å²) in [6.07, 6.45) is 4.23. The minimum absolute atomic E-state index is 0.0388. The molecule has 2 unspecified atom stereocenters. The number of rotatable bonds is 4. The van der Waals surface area contributed by atoms with Crippen LogP contribution in [0.3, 0.4) is 0 Å². The summed E-state index contributed by atoms with van der Waals surface area (Å²) in [5.41, 5.74) is 6.73. The Morgan fingerprint density at radius 3 is 2.30 bits per heavy atom. The third kappa shape index (κ3) is 3.15. The van der Waals surface area contributed by atoms with E-state index < -0.39 is 0 Å². The Hall–Kier alpha value is -1.06. The number of amides is 1. The molecule has 0 heterocycles. The lowest BCUT2D eigenvalue weighted by Crippen LogP contribution is -2.48. The molecule has 0 saturated heterocycles. The van der Waals surface area contributed by atoms with Gasteiger partial charge in [0.2, 0.25) is 5.91 Å². The third-order valence-corrected chi connectivity index (χ3v) is 4.67. The Balaban J connectivity index is 2.22. The Labute approximate surface area is 125 Å². The second-order valence-electron chi connectivity index (χ2n) is 5.93. The van der Waals surface area contributed by atoms with Crippen molar-refractivity contribution in [1.29, 1.82) is 0 Å². The van der Waals surface area contributed by atoms with Crippen molar-refractivity contribution in [2.24, 2.45) is 11.7 Å². The van der Waals surface area contributed by atoms with Crippen LogP contribution in [-0.4, -0.2) is 11.9 Å². The number of halogens is 1. The molecule has 110 valence electrons. The van der Waals surface area contributed by atoms with Gasteiger partial charge in [-0.3, -0.25) is 4.79 Å². The smallest absolute Gasteiger partial charge is 0.225 e. The Bertz CT molecular complexity index is 464. The second kappa shape index (κ2) is 6.15. The van der Waals surface area contributed by atoms with E-state index in [1.165, 1.54) is 0 Å². The summed E-state index contributed by atoms with van der Waals surface area (Å²) >= 11 is 5.96. The molecule has 0 bridgehead atoms. The standard InChI is InChI=1S/C16H23ClN2O/c1-11(12(2)18)15(20)19-16(9-3-4-10-16)13-5-7-14(17)8-6-13/h5-8,11-12H,3-4,9-10,18H2,1-2H3,(H,19,20). The van der Waals surface area contributed by atoms with Gasteiger partial charge in [-0.05, 0) is 37.5 Å². The van der Waals surface area contributed by atoms with Crippen molar-refractivity contribution in [2.75, 3.05) is 0 Å². The van der Waals surface area contributed by atoms with Crippen LogP contribution in [0, 0.1) is 5.92 Å². The molecule has 1 amide bonds. The topological polar surface area (TPSA) is 55.1 Å². The van der Waals surface area contributed by atoms with Gasteiger partial charge in [0, 0.05) is 17.0 Å². The molecule has 0 aromatic heterocycles. The van der Waals surface area contributed by atoms with Crippen LogP contribution in [0.4, 0.5) is 0 Å². The van der Waals surface area contributed by atoms with Crippen LogP contribution in [0.5, 0.6) is 0 Å². The van der Waals surface area contributed by atoms with E-state index >= 15 is 0 Å². The molecule has 20 heavy (non-hydrogen) atoms. The summed E-state index contributed by atoms with van der Waals surface area (Å²) in [7, 11) is 0. The molecule has 1 aromatic carbocycles. The minimum atomic E-state index is -0.245. The van der Waals surface area contributed by atoms with E-state index in [4.69, 9.17) is 17.3 Å². The average Bonchev–Trinajstić information content (AvgIpc) is 2.88. The number of nitrogens with one attached hydrogen (secondary N) is 1. The van der Waals surface area contributed by atoms with Crippen LogP contribution in [0.15, 0.2) is 24.3 Å². The maximum Gasteiger partial charge on any atom is 0.225 e. The number of nitrogens with two attached hydrogens (primary N) is 1. The van der Waals surface area contributed by atoms with Crippen LogP contribution < -0.4 is 11.1 Å². The second-order valence-corrected chi connectivity index (χ2v) is 6.37. The van der Waals surface area contributed by atoms with Crippen LogP contribution >= 0.6 is 11.6 Å². The van der Waals surface area contributed by atoms with Crippen LogP contribution in [-0.2, 0) is 10.3 Å². The Morgan fingerprint density at radius 2 is 1.80 bits per heavy atom. The first kappa shape index (κ1) is 15.3. The fourth-order valence-electron chi connectivity index (χ4n) is 2.82. The van der Waals surface area contributed by atoms with Crippen LogP contribution in [0.2, 0.25) is 5.02 Å². The van der Waals surface area contributed by atoms with Crippen LogP contribution in [0.1, 0.15) is 45.1 Å². The van der Waals surface area contributed by atoms with Gasteiger partial charge in [0.1, 0.15) is 0 Å². The van der Waals surface area contributed by atoms with Gasteiger partial charge in [0.25, 0.3) is 0 Å². The van der Waals surface area contributed by atoms with E-state index in [1.807, 2.05) is 38.1 Å². The number of benzene rings is 1. The van der Waals surface area contributed by atoms with E-state index in [-0.39, 0.29) is 23.4 Å².